The van der Waals surface area contributed by atoms with E-state index < -0.39 is 0 Å². The fraction of sp³-hybridized carbons (Fsp3) is 0.579. The van der Waals surface area contributed by atoms with Crippen molar-refractivity contribution in [1.29, 1.82) is 0 Å². The van der Waals surface area contributed by atoms with E-state index in [9.17, 15) is 4.79 Å². The third-order valence-electron chi connectivity index (χ3n) is 5.27. The highest BCUT2D eigenvalue weighted by molar-refractivity contribution is 7.22. The van der Waals surface area contributed by atoms with E-state index >= 15 is 0 Å². The molecule has 0 atom stereocenters. The summed E-state index contributed by atoms with van der Waals surface area (Å²) in [5.74, 6) is 0.397. The van der Waals surface area contributed by atoms with Crippen molar-refractivity contribution >= 4 is 56.6 Å². The Morgan fingerprint density at radius 1 is 1.33 bits per heavy atom. The molecule has 2 heterocycles. The molecule has 4 rings (SSSR count). The summed E-state index contributed by atoms with van der Waals surface area (Å²) in [6.07, 6.45) is 4.11. The van der Waals surface area contributed by atoms with Gasteiger partial charge in [0.15, 0.2) is 5.13 Å². The molecule has 1 saturated heterocycles. The van der Waals surface area contributed by atoms with Gasteiger partial charge in [0.1, 0.15) is 5.52 Å². The van der Waals surface area contributed by atoms with Crippen LogP contribution in [0, 0.1) is 5.92 Å². The number of halogens is 2. The number of benzene rings is 1. The molecule has 27 heavy (non-hydrogen) atoms. The number of anilines is 1. The lowest BCUT2D eigenvalue weighted by molar-refractivity contribution is -0.124. The molecule has 5 nitrogen and oxygen atoms in total. The fourth-order valence-electron chi connectivity index (χ4n) is 3.47. The molecule has 0 N–H and O–H groups in total. The maximum atomic E-state index is 13.0. The molecular formula is C19H25Cl2N3O2S. The molecule has 2 fully saturated rings. The molecule has 0 spiro atoms. The van der Waals surface area contributed by atoms with Gasteiger partial charge in [-0.15, -0.1) is 12.4 Å². The molecule has 148 valence electrons. The van der Waals surface area contributed by atoms with Crippen molar-refractivity contribution in [2.45, 2.75) is 25.7 Å². The Morgan fingerprint density at radius 3 is 2.78 bits per heavy atom. The topological polar surface area (TPSA) is 45.7 Å². The molecular weight excluding hydrogens is 405 g/mol. The van der Waals surface area contributed by atoms with Gasteiger partial charge in [-0.05, 0) is 31.4 Å². The number of thiazole rings is 1. The Hall–Kier alpha value is -0.920. The second kappa shape index (κ2) is 9.52. The van der Waals surface area contributed by atoms with Gasteiger partial charge in [-0.25, -0.2) is 4.98 Å². The number of fused-ring (bicyclic) bond motifs is 1. The van der Waals surface area contributed by atoms with E-state index in [0.29, 0.717) is 11.6 Å². The standard InChI is InChI=1S/C19H24ClN3O2S.ClH/c20-15-6-2-7-16-17(15)21-19(26-16)23(18(24)14-4-1-5-14)9-3-8-22-10-12-25-13-11-22;/h2,6-7,14H,1,3-5,8-13H2;1H. The van der Waals surface area contributed by atoms with Crippen molar-refractivity contribution in [2.24, 2.45) is 5.92 Å². The van der Waals surface area contributed by atoms with E-state index in [1.807, 2.05) is 23.1 Å². The number of rotatable bonds is 6. The maximum Gasteiger partial charge on any atom is 0.231 e. The smallest absolute Gasteiger partial charge is 0.231 e. The third-order valence-corrected chi connectivity index (χ3v) is 6.62. The highest BCUT2D eigenvalue weighted by atomic mass is 35.5. The lowest BCUT2D eigenvalue weighted by Gasteiger charge is -2.31. The zero-order valence-corrected chi connectivity index (χ0v) is 17.6. The van der Waals surface area contributed by atoms with Crippen LogP contribution in [0.1, 0.15) is 25.7 Å². The van der Waals surface area contributed by atoms with Crippen LogP contribution in [-0.4, -0.2) is 55.2 Å². The predicted molar refractivity (Wildman–Crippen MR) is 113 cm³/mol. The molecule has 1 aliphatic heterocycles. The second-order valence-corrected chi connectivity index (χ2v) is 8.42. The van der Waals surface area contributed by atoms with Crippen LogP contribution >= 0.6 is 35.3 Å². The van der Waals surface area contributed by atoms with Gasteiger partial charge in [0.2, 0.25) is 5.91 Å². The number of morpholine rings is 1. The molecule has 0 bridgehead atoms. The molecule has 8 heteroatoms. The van der Waals surface area contributed by atoms with E-state index in [4.69, 9.17) is 21.3 Å². The van der Waals surface area contributed by atoms with E-state index in [-0.39, 0.29) is 24.2 Å². The zero-order valence-electron chi connectivity index (χ0n) is 15.2. The van der Waals surface area contributed by atoms with Crippen LogP contribution in [0.4, 0.5) is 5.13 Å². The number of nitrogens with zero attached hydrogens (tertiary/aromatic N) is 3. The molecule has 0 radical (unpaired) electrons. The quantitative estimate of drug-likeness (QED) is 0.688. The number of carbonyl (C=O) groups is 1. The van der Waals surface area contributed by atoms with Gasteiger partial charge in [0.25, 0.3) is 0 Å². The molecule has 1 saturated carbocycles. The van der Waals surface area contributed by atoms with Gasteiger partial charge in [-0.1, -0.05) is 35.4 Å². The van der Waals surface area contributed by atoms with Gasteiger partial charge in [-0.3, -0.25) is 14.6 Å². The van der Waals surface area contributed by atoms with Crippen molar-refractivity contribution in [3.8, 4) is 0 Å². The Morgan fingerprint density at radius 2 is 2.11 bits per heavy atom. The Kier molecular flexibility index (Phi) is 7.34. The first-order valence-corrected chi connectivity index (χ1v) is 10.6. The van der Waals surface area contributed by atoms with Crippen LogP contribution in [0.3, 0.4) is 0 Å². The summed E-state index contributed by atoms with van der Waals surface area (Å²) in [5, 5.41) is 1.43. The summed E-state index contributed by atoms with van der Waals surface area (Å²) in [6, 6.07) is 5.80. The first-order valence-electron chi connectivity index (χ1n) is 9.39. The molecule has 2 aromatic rings. The molecule has 1 aromatic carbocycles. The maximum absolute atomic E-state index is 13.0. The summed E-state index contributed by atoms with van der Waals surface area (Å²) < 4.78 is 6.44. The first-order chi connectivity index (χ1) is 12.7. The highest BCUT2D eigenvalue weighted by Crippen LogP contribution is 2.36. The first kappa shape index (κ1) is 20.8. The Labute approximate surface area is 175 Å². The molecule has 0 unspecified atom stereocenters. The van der Waals surface area contributed by atoms with Crippen LogP contribution < -0.4 is 4.90 Å². The molecule has 2 aliphatic rings. The van der Waals surface area contributed by atoms with E-state index in [0.717, 1.165) is 73.9 Å². The van der Waals surface area contributed by atoms with Crippen LogP contribution in [0.25, 0.3) is 10.2 Å². The van der Waals surface area contributed by atoms with Gasteiger partial charge >= 0.3 is 0 Å². The number of carbonyl (C=O) groups excluding carboxylic acids is 1. The Bertz CT molecular complexity index is 775. The summed E-state index contributed by atoms with van der Waals surface area (Å²) in [5.41, 5.74) is 0.800. The normalized spacial score (nSPS) is 18.1. The summed E-state index contributed by atoms with van der Waals surface area (Å²) in [7, 11) is 0. The van der Waals surface area contributed by atoms with Crippen LogP contribution in [0.5, 0.6) is 0 Å². The van der Waals surface area contributed by atoms with Crippen molar-refractivity contribution in [3.05, 3.63) is 23.2 Å². The summed E-state index contributed by atoms with van der Waals surface area (Å²) in [6.45, 7) is 5.27. The highest BCUT2D eigenvalue weighted by Gasteiger charge is 2.31. The second-order valence-electron chi connectivity index (χ2n) is 7.01. The monoisotopic (exact) mass is 429 g/mol. The van der Waals surface area contributed by atoms with Crippen molar-refractivity contribution < 1.29 is 9.53 Å². The minimum absolute atomic E-state index is 0. The molecule has 1 aromatic heterocycles. The number of hydrogen-bond donors (Lipinski definition) is 0. The van der Waals surface area contributed by atoms with E-state index in [1.165, 1.54) is 0 Å². The molecule has 1 aliphatic carbocycles. The summed E-state index contributed by atoms with van der Waals surface area (Å²) >= 11 is 7.85. The van der Waals surface area contributed by atoms with Gasteiger partial charge < -0.3 is 4.74 Å². The molecule has 1 amide bonds. The SMILES string of the molecule is Cl.O=C(C1CCC1)N(CCCN1CCOCC1)c1nc2c(Cl)cccc2s1. The minimum atomic E-state index is 0. The van der Waals surface area contributed by atoms with Gasteiger partial charge in [-0.2, -0.15) is 0 Å². The predicted octanol–water partition coefficient (Wildman–Crippen LogP) is 4.23. The zero-order chi connectivity index (χ0) is 17.9. The average Bonchev–Trinajstić information content (AvgIpc) is 3.03. The van der Waals surface area contributed by atoms with Crippen molar-refractivity contribution in [2.75, 3.05) is 44.3 Å². The summed E-state index contributed by atoms with van der Waals surface area (Å²) in [4.78, 5) is 22.0. The number of amides is 1. The number of para-hydroxylation sites is 1. The van der Waals surface area contributed by atoms with Crippen LogP contribution in [0.2, 0.25) is 5.02 Å². The number of ether oxygens (including phenoxy) is 1. The van der Waals surface area contributed by atoms with Gasteiger partial charge in [0.05, 0.1) is 22.9 Å². The van der Waals surface area contributed by atoms with E-state index in [2.05, 4.69) is 4.90 Å². The third kappa shape index (κ3) is 4.74. The minimum Gasteiger partial charge on any atom is -0.379 e. The lowest BCUT2D eigenvalue weighted by Crippen LogP contribution is -2.42. The number of hydrogen-bond acceptors (Lipinski definition) is 5. The van der Waals surface area contributed by atoms with E-state index in [1.54, 1.807) is 11.3 Å². The number of aromatic nitrogens is 1. The Balaban J connectivity index is 0.00000210. The average molecular weight is 430 g/mol. The van der Waals surface area contributed by atoms with Crippen molar-refractivity contribution in [3.63, 3.8) is 0 Å². The lowest BCUT2D eigenvalue weighted by atomic mass is 9.84. The largest absolute Gasteiger partial charge is 0.379 e. The van der Waals surface area contributed by atoms with Gasteiger partial charge in [0, 0.05) is 32.1 Å². The van der Waals surface area contributed by atoms with Crippen molar-refractivity contribution in [1.82, 2.24) is 9.88 Å². The van der Waals surface area contributed by atoms with Crippen LogP contribution in [-0.2, 0) is 9.53 Å². The van der Waals surface area contributed by atoms with Crippen LogP contribution in [0.15, 0.2) is 18.2 Å². The fourth-order valence-corrected chi connectivity index (χ4v) is 4.77.